The molecule has 0 saturated carbocycles. The van der Waals surface area contributed by atoms with E-state index in [0.29, 0.717) is 12.8 Å². The molecule has 1 aromatic carbocycles. The van der Waals surface area contributed by atoms with Crippen LogP contribution in [-0.2, 0) is 9.84 Å². The third kappa shape index (κ3) is 4.01. The zero-order chi connectivity index (χ0) is 14.9. The molecule has 3 nitrogen and oxygen atoms in total. The van der Waals surface area contributed by atoms with Crippen LogP contribution in [0, 0.1) is 5.82 Å². The zero-order valence-electron chi connectivity index (χ0n) is 11.8. The number of hydrogen-bond acceptors (Lipinski definition) is 3. The van der Waals surface area contributed by atoms with Crippen molar-refractivity contribution >= 4 is 9.84 Å². The van der Waals surface area contributed by atoms with Crippen molar-refractivity contribution in [3.63, 3.8) is 0 Å². The van der Waals surface area contributed by atoms with Crippen LogP contribution in [0.3, 0.4) is 0 Å². The molecule has 0 saturated heterocycles. The Morgan fingerprint density at radius 3 is 1.95 bits per heavy atom. The van der Waals surface area contributed by atoms with E-state index in [1.54, 1.807) is 27.7 Å². The molecule has 1 N–H and O–H groups in total. The molecule has 0 bridgehead atoms. The molecule has 0 unspecified atom stereocenters. The van der Waals surface area contributed by atoms with E-state index in [-0.39, 0.29) is 4.90 Å². The number of benzene rings is 1. The van der Waals surface area contributed by atoms with Crippen LogP contribution in [0.4, 0.5) is 4.39 Å². The van der Waals surface area contributed by atoms with Gasteiger partial charge in [-0.05, 0) is 64.8 Å². The molecular formula is C14H21FO3S. The van der Waals surface area contributed by atoms with Gasteiger partial charge < -0.3 is 5.11 Å². The lowest BCUT2D eigenvalue weighted by Crippen LogP contribution is -2.34. The zero-order valence-corrected chi connectivity index (χ0v) is 12.6. The second kappa shape index (κ2) is 5.21. The number of aliphatic hydroxyl groups is 1. The Bertz CT molecular complexity index is 525. The smallest absolute Gasteiger partial charge is 0.183 e. The standard InChI is InChI=1S/C14H21FO3S/c1-13(2,16)9-10-14(3,4)19(17,18)12-7-5-11(15)6-8-12/h5-8,16H,9-10H2,1-4H3. The Morgan fingerprint density at radius 1 is 1.05 bits per heavy atom. The van der Waals surface area contributed by atoms with Gasteiger partial charge in [0.25, 0.3) is 0 Å². The van der Waals surface area contributed by atoms with Crippen LogP contribution in [-0.4, -0.2) is 23.9 Å². The largest absolute Gasteiger partial charge is 0.390 e. The summed E-state index contributed by atoms with van der Waals surface area (Å²) in [5.41, 5.74) is -0.907. The van der Waals surface area contributed by atoms with Crippen LogP contribution in [0.25, 0.3) is 0 Å². The van der Waals surface area contributed by atoms with Gasteiger partial charge in [0.05, 0.1) is 15.2 Å². The van der Waals surface area contributed by atoms with Gasteiger partial charge >= 0.3 is 0 Å². The van der Waals surface area contributed by atoms with E-state index < -0.39 is 26.0 Å². The van der Waals surface area contributed by atoms with Gasteiger partial charge in [0.1, 0.15) is 5.82 Å². The predicted molar refractivity (Wildman–Crippen MR) is 73.2 cm³/mol. The molecule has 0 atom stereocenters. The van der Waals surface area contributed by atoms with Crippen LogP contribution in [0.15, 0.2) is 29.2 Å². The van der Waals surface area contributed by atoms with Crippen molar-refractivity contribution in [2.24, 2.45) is 0 Å². The fraction of sp³-hybridized carbons (Fsp3) is 0.571. The minimum atomic E-state index is -3.56. The van der Waals surface area contributed by atoms with E-state index in [2.05, 4.69) is 0 Å². The van der Waals surface area contributed by atoms with Gasteiger partial charge in [0.15, 0.2) is 9.84 Å². The molecule has 19 heavy (non-hydrogen) atoms. The molecule has 5 heteroatoms. The molecule has 0 aliphatic carbocycles. The van der Waals surface area contributed by atoms with Crippen molar-refractivity contribution in [2.45, 2.75) is 55.8 Å². The maximum absolute atomic E-state index is 12.8. The highest BCUT2D eigenvalue weighted by atomic mass is 32.2. The third-order valence-electron chi connectivity index (χ3n) is 3.19. The van der Waals surface area contributed by atoms with Crippen molar-refractivity contribution in [1.29, 1.82) is 0 Å². The first kappa shape index (κ1) is 16.1. The predicted octanol–water partition coefficient (Wildman–Crippen LogP) is 2.93. The number of sulfone groups is 1. The van der Waals surface area contributed by atoms with Crippen LogP contribution in [0.1, 0.15) is 40.5 Å². The van der Waals surface area contributed by atoms with E-state index >= 15 is 0 Å². The van der Waals surface area contributed by atoms with E-state index in [1.165, 1.54) is 12.1 Å². The number of hydrogen-bond donors (Lipinski definition) is 1. The normalized spacial score (nSPS) is 13.6. The lowest BCUT2D eigenvalue weighted by molar-refractivity contribution is 0.0662. The monoisotopic (exact) mass is 288 g/mol. The topological polar surface area (TPSA) is 54.4 Å². The summed E-state index contributed by atoms with van der Waals surface area (Å²) in [7, 11) is -3.56. The molecule has 0 aliphatic rings. The Hall–Kier alpha value is -0.940. The van der Waals surface area contributed by atoms with E-state index in [1.807, 2.05) is 0 Å². The fourth-order valence-corrected chi connectivity index (χ4v) is 3.18. The molecule has 0 heterocycles. The molecule has 0 aromatic heterocycles. The lowest BCUT2D eigenvalue weighted by atomic mass is 9.97. The second-order valence-electron chi connectivity index (χ2n) is 6.03. The van der Waals surface area contributed by atoms with E-state index in [0.717, 1.165) is 12.1 Å². The molecule has 1 aromatic rings. The molecule has 0 radical (unpaired) electrons. The maximum atomic E-state index is 12.8. The molecule has 108 valence electrons. The lowest BCUT2D eigenvalue weighted by Gasteiger charge is -2.28. The van der Waals surface area contributed by atoms with Gasteiger partial charge in [-0.1, -0.05) is 0 Å². The quantitative estimate of drug-likeness (QED) is 0.848. The Balaban J connectivity index is 3.01. The highest BCUT2D eigenvalue weighted by Crippen LogP contribution is 2.31. The van der Waals surface area contributed by atoms with Gasteiger partial charge in [-0.3, -0.25) is 0 Å². The molecule has 0 spiro atoms. The molecule has 1 rings (SSSR count). The minimum Gasteiger partial charge on any atom is -0.390 e. The SMILES string of the molecule is CC(C)(O)CCC(C)(C)S(=O)(=O)c1ccc(F)cc1. The van der Waals surface area contributed by atoms with Gasteiger partial charge in [-0.15, -0.1) is 0 Å². The van der Waals surface area contributed by atoms with Crippen molar-refractivity contribution in [3.8, 4) is 0 Å². The van der Waals surface area contributed by atoms with Crippen LogP contribution in [0.2, 0.25) is 0 Å². The highest BCUT2D eigenvalue weighted by molar-refractivity contribution is 7.92. The fourth-order valence-electron chi connectivity index (χ4n) is 1.67. The number of rotatable bonds is 5. The number of halogens is 1. The highest BCUT2D eigenvalue weighted by Gasteiger charge is 2.36. The van der Waals surface area contributed by atoms with Crippen molar-refractivity contribution in [1.82, 2.24) is 0 Å². The Morgan fingerprint density at radius 2 is 1.53 bits per heavy atom. The average Bonchev–Trinajstić information content (AvgIpc) is 2.26. The van der Waals surface area contributed by atoms with Crippen molar-refractivity contribution in [2.75, 3.05) is 0 Å². The average molecular weight is 288 g/mol. The summed E-state index contributed by atoms with van der Waals surface area (Å²) in [6.07, 6.45) is 0.705. The van der Waals surface area contributed by atoms with Crippen LogP contribution >= 0.6 is 0 Å². The van der Waals surface area contributed by atoms with Crippen LogP contribution < -0.4 is 0 Å². The molecule has 0 aliphatic heterocycles. The summed E-state index contributed by atoms with van der Waals surface area (Å²) in [4.78, 5) is 0.106. The third-order valence-corrected chi connectivity index (χ3v) is 5.74. The van der Waals surface area contributed by atoms with E-state index in [9.17, 15) is 17.9 Å². The van der Waals surface area contributed by atoms with Gasteiger partial charge in [-0.2, -0.15) is 0 Å². The molecule has 0 amide bonds. The van der Waals surface area contributed by atoms with Gasteiger partial charge in [0.2, 0.25) is 0 Å². The summed E-state index contributed by atoms with van der Waals surface area (Å²) >= 11 is 0. The van der Waals surface area contributed by atoms with E-state index in [4.69, 9.17) is 0 Å². The summed E-state index contributed by atoms with van der Waals surface area (Å²) in [6, 6.07) is 4.82. The second-order valence-corrected chi connectivity index (χ2v) is 8.61. The molecule has 0 fully saturated rings. The first-order valence-electron chi connectivity index (χ1n) is 6.18. The summed E-state index contributed by atoms with van der Waals surface area (Å²) in [5.74, 6) is -0.465. The first-order valence-corrected chi connectivity index (χ1v) is 7.67. The van der Waals surface area contributed by atoms with Gasteiger partial charge in [0, 0.05) is 0 Å². The Kier molecular flexibility index (Phi) is 4.42. The molecular weight excluding hydrogens is 267 g/mol. The summed E-state index contributed by atoms with van der Waals surface area (Å²) in [5, 5.41) is 9.71. The van der Waals surface area contributed by atoms with Crippen molar-refractivity contribution in [3.05, 3.63) is 30.1 Å². The summed E-state index contributed by atoms with van der Waals surface area (Å²) in [6.45, 7) is 6.54. The van der Waals surface area contributed by atoms with Gasteiger partial charge in [-0.25, -0.2) is 12.8 Å². The Labute approximate surface area is 114 Å². The first-order chi connectivity index (χ1) is 8.46. The van der Waals surface area contributed by atoms with Crippen molar-refractivity contribution < 1.29 is 17.9 Å². The van der Waals surface area contributed by atoms with Crippen LogP contribution in [0.5, 0.6) is 0 Å². The minimum absolute atomic E-state index is 0.106. The maximum Gasteiger partial charge on any atom is 0.183 e. The summed E-state index contributed by atoms with van der Waals surface area (Å²) < 4.78 is 36.8.